The minimum Gasteiger partial charge on any atom is -0.497 e. The van der Waals surface area contributed by atoms with E-state index >= 15 is 0 Å². The lowest BCUT2D eigenvalue weighted by atomic mass is 10.1. The van der Waals surface area contributed by atoms with Crippen molar-refractivity contribution in [3.05, 3.63) is 54.1 Å². The zero-order chi connectivity index (χ0) is 16.9. The van der Waals surface area contributed by atoms with Gasteiger partial charge >= 0.3 is 0 Å². The Bertz CT molecular complexity index is 850. The van der Waals surface area contributed by atoms with Crippen molar-refractivity contribution in [1.82, 2.24) is 0 Å². The fourth-order valence-corrected chi connectivity index (χ4v) is 17.2. The average Bonchev–Trinajstić information content (AvgIpc) is 3.01. The van der Waals surface area contributed by atoms with Gasteiger partial charge in [0.05, 0.1) is 28.7 Å². The van der Waals surface area contributed by atoms with Gasteiger partial charge in [0.1, 0.15) is 11.5 Å². The summed E-state index contributed by atoms with van der Waals surface area (Å²) in [6.45, 7) is 0. The molecule has 1 saturated carbocycles. The van der Waals surface area contributed by atoms with Crippen molar-refractivity contribution in [3.8, 4) is 11.5 Å². The number of hydrogen-bond donors (Lipinski definition) is 0. The Kier molecular flexibility index (Phi) is 4.25. The molecular formula is C17H15O2PS4. The average molecular weight is 411 g/mol. The highest BCUT2D eigenvalue weighted by Crippen LogP contribution is 2.89. The van der Waals surface area contributed by atoms with Gasteiger partial charge in [0, 0.05) is 10.2 Å². The Morgan fingerprint density at radius 3 is 2.04 bits per heavy atom. The van der Waals surface area contributed by atoms with Crippen LogP contribution in [0.4, 0.5) is 0 Å². The predicted molar refractivity (Wildman–Crippen MR) is 113 cm³/mol. The van der Waals surface area contributed by atoms with E-state index in [1.54, 1.807) is 14.2 Å². The lowest BCUT2D eigenvalue weighted by Gasteiger charge is -2.20. The number of fused-ring (bicyclic) bond motifs is 1. The van der Waals surface area contributed by atoms with Crippen LogP contribution in [0.1, 0.15) is 5.56 Å². The second-order valence-corrected chi connectivity index (χ2v) is 17.3. The molecule has 2 fully saturated rings. The summed E-state index contributed by atoms with van der Waals surface area (Å²) in [4.78, 5) is 1.12. The highest BCUT2D eigenvalue weighted by molar-refractivity contribution is 9.04. The van der Waals surface area contributed by atoms with Gasteiger partial charge in [-0.3, -0.25) is 0 Å². The number of hydrogen-bond acceptors (Lipinski definition) is 6. The van der Waals surface area contributed by atoms with Crippen LogP contribution in [0.25, 0.3) is 0 Å². The number of benzene rings is 2. The molecule has 0 N–H and O–H groups in total. The molecule has 24 heavy (non-hydrogen) atoms. The Labute approximate surface area is 160 Å². The first-order valence-electron chi connectivity index (χ1n) is 7.36. The van der Waals surface area contributed by atoms with Crippen LogP contribution in [0.5, 0.6) is 11.5 Å². The van der Waals surface area contributed by atoms with E-state index in [2.05, 4.69) is 24.3 Å². The van der Waals surface area contributed by atoms with Gasteiger partial charge < -0.3 is 9.47 Å². The van der Waals surface area contributed by atoms with Gasteiger partial charge in [0.2, 0.25) is 0 Å². The number of ether oxygens (including phenoxy) is 2. The predicted octanol–water partition coefficient (Wildman–Crippen LogP) is 4.77. The van der Waals surface area contributed by atoms with Crippen LogP contribution in [0, 0.1) is 0 Å². The summed E-state index contributed by atoms with van der Waals surface area (Å²) in [5.41, 5.74) is 1.25. The first-order chi connectivity index (χ1) is 11.5. The Balaban J connectivity index is 1.66. The highest BCUT2D eigenvalue weighted by Gasteiger charge is 2.70. The molecule has 2 aromatic carbocycles. The molecule has 2 nitrogen and oxygen atoms in total. The summed E-state index contributed by atoms with van der Waals surface area (Å²) >= 11 is 15.6. The minimum atomic E-state index is -1.75. The maximum absolute atomic E-state index is 6.11. The van der Waals surface area contributed by atoms with E-state index in [0.29, 0.717) is 5.25 Å². The van der Waals surface area contributed by atoms with Gasteiger partial charge in [-0.2, -0.15) is 0 Å². The van der Waals surface area contributed by atoms with E-state index in [4.69, 9.17) is 33.5 Å². The molecule has 1 heterocycles. The zero-order valence-electron chi connectivity index (χ0n) is 13.1. The van der Waals surface area contributed by atoms with Gasteiger partial charge in [-0.15, -0.1) is 0 Å². The van der Waals surface area contributed by atoms with Crippen LogP contribution >= 0.6 is 39.4 Å². The molecule has 7 heteroatoms. The smallest absolute Gasteiger partial charge is 0.118 e. The Hall–Kier alpha value is -0.520. The summed E-state index contributed by atoms with van der Waals surface area (Å²) in [6, 6.07) is 16.4. The lowest BCUT2D eigenvalue weighted by Crippen LogP contribution is -2.05. The minimum absolute atomic E-state index is 0.0955. The molecule has 0 bridgehead atoms. The number of thiocarbonyl (C=S) groups is 1. The van der Waals surface area contributed by atoms with E-state index in [1.807, 2.05) is 47.0 Å². The third-order valence-corrected chi connectivity index (χ3v) is 16.4. The summed E-state index contributed by atoms with van der Waals surface area (Å²) in [5.74, 6) is 1.73. The molecule has 2 aliphatic rings. The van der Waals surface area contributed by atoms with Gasteiger partial charge in [0.15, 0.2) is 0 Å². The van der Waals surface area contributed by atoms with Crippen molar-refractivity contribution in [3.63, 3.8) is 0 Å². The SMILES string of the molecule is COc1ccc(C23SP(=S)(c4ccc(OC)cc4)SC2C3=S)cc1. The normalized spacial score (nSPS) is 30.8. The summed E-state index contributed by atoms with van der Waals surface area (Å²) < 4.78 is 8.67. The summed E-state index contributed by atoms with van der Waals surface area (Å²) in [5, 5.41) is 1.58. The molecule has 4 rings (SSSR count). The highest BCUT2D eigenvalue weighted by atomic mass is 33.2. The molecule has 1 aliphatic heterocycles. The third kappa shape index (κ3) is 2.46. The molecule has 2 aromatic rings. The quantitative estimate of drug-likeness (QED) is 0.530. The lowest BCUT2D eigenvalue weighted by molar-refractivity contribution is 0.414. The summed E-state index contributed by atoms with van der Waals surface area (Å²) in [7, 11) is 3.36. The second kappa shape index (κ2) is 6.03. The largest absolute Gasteiger partial charge is 0.497 e. The fraction of sp³-hybridized carbons (Fsp3) is 0.235. The first kappa shape index (κ1) is 16.9. The molecule has 3 unspecified atom stereocenters. The molecule has 1 aliphatic carbocycles. The second-order valence-electron chi connectivity index (χ2n) is 5.60. The zero-order valence-corrected chi connectivity index (χ0v) is 17.3. The topological polar surface area (TPSA) is 18.5 Å². The van der Waals surface area contributed by atoms with Crippen LogP contribution in [-0.2, 0) is 16.6 Å². The Morgan fingerprint density at radius 2 is 1.50 bits per heavy atom. The van der Waals surface area contributed by atoms with Crippen molar-refractivity contribution < 1.29 is 9.47 Å². The molecule has 0 amide bonds. The van der Waals surface area contributed by atoms with E-state index in [0.717, 1.165) is 16.4 Å². The molecule has 1 saturated heterocycles. The molecule has 3 atom stereocenters. The van der Waals surface area contributed by atoms with Crippen molar-refractivity contribution in [2.24, 2.45) is 0 Å². The fourth-order valence-electron chi connectivity index (χ4n) is 2.89. The maximum Gasteiger partial charge on any atom is 0.118 e. The van der Waals surface area contributed by atoms with Crippen LogP contribution in [0.3, 0.4) is 0 Å². The standard InChI is InChI=1S/C17H15O2PS4/c1-18-12-5-3-11(4-6-12)17-15(21)16(17)23-20(22,24-17)14-9-7-13(19-2)8-10-14/h3-10,16H,1-2H3. The van der Waals surface area contributed by atoms with Crippen molar-refractivity contribution in [2.75, 3.05) is 14.2 Å². The molecule has 0 aromatic heterocycles. The van der Waals surface area contributed by atoms with E-state index in [9.17, 15) is 0 Å². The van der Waals surface area contributed by atoms with Gasteiger partial charge in [-0.05, 0) is 42.0 Å². The van der Waals surface area contributed by atoms with Crippen molar-refractivity contribution in [1.29, 1.82) is 0 Å². The van der Waals surface area contributed by atoms with Crippen LogP contribution in [-0.4, -0.2) is 24.3 Å². The Morgan fingerprint density at radius 1 is 0.958 bits per heavy atom. The molecular weight excluding hydrogens is 395 g/mol. The maximum atomic E-state index is 6.11. The van der Waals surface area contributed by atoms with E-state index < -0.39 is 4.44 Å². The van der Waals surface area contributed by atoms with Crippen LogP contribution < -0.4 is 14.8 Å². The molecule has 0 spiro atoms. The first-order valence-corrected chi connectivity index (χ1v) is 13.5. The van der Waals surface area contributed by atoms with E-state index in [-0.39, 0.29) is 4.75 Å². The van der Waals surface area contributed by atoms with Gasteiger partial charge in [-0.1, -0.05) is 58.9 Å². The van der Waals surface area contributed by atoms with Crippen LogP contribution in [0.2, 0.25) is 0 Å². The molecule has 124 valence electrons. The van der Waals surface area contributed by atoms with Crippen molar-refractivity contribution >= 4 is 61.4 Å². The van der Waals surface area contributed by atoms with E-state index in [1.165, 1.54) is 10.9 Å². The van der Waals surface area contributed by atoms with Crippen molar-refractivity contribution in [2.45, 2.75) is 10.00 Å². The monoisotopic (exact) mass is 410 g/mol. The summed E-state index contributed by atoms with van der Waals surface area (Å²) in [6.07, 6.45) is 0. The molecule has 0 radical (unpaired) electrons. The number of methoxy groups -OCH3 is 2. The third-order valence-electron chi connectivity index (χ3n) is 4.31. The van der Waals surface area contributed by atoms with Gasteiger partial charge in [-0.25, -0.2) is 0 Å². The van der Waals surface area contributed by atoms with Crippen LogP contribution in [0.15, 0.2) is 48.5 Å². The van der Waals surface area contributed by atoms with Gasteiger partial charge in [0.25, 0.3) is 0 Å². The number of rotatable bonds is 4.